The second-order valence-electron chi connectivity index (χ2n) is 0.637. The maximum absolute atomic E-state index is 9.49. The van der Waals surface area contributed by atoms with Crippen LogP contribution in [-0.4, -0.2) is 9.41 Å². The maximum atomic E-state index is 9.49. The molecule has 0 N–H and O–H groups in total. The lowest BCUT2D eigenvalue weighted by Crippen LogP contribution is -1.60. The van der Waals surface area contributed by atoms with Crippen molar-refractivity contribution in [3.8, 4) is 0 Å². The first-order valence-corrected chi connectivity index (χ1v) is 2.49. The molecule has 0 heterocycles. The van der Waals surface area contributed by atoms with Crippen LogP contribution in [0, 0.1) is 0 Å². The van der Waals surface area contributed by atoms with Crippen LogP contribution in [0.25, 0.3) is 0 Å². The van der Waals surface area contributed by atoms with Gasteiger partial charge in [0, 0.05) is 6.04 Å². The molecule has 0 aromatic rings. The van der Waals surface area contributed by atoms with E-state index in [0.717, 1.165) is 0 Å². The summed E-state index contributed by atoms with van der Waals surface area (Å²) < 4.78 is 9.49. The van der Waals surface area contributed by atoms with Crippen LogP contribution in [-0.2, 0) is 4.46 Å². The van der Waals surface area contributed by atoms with Gasteiger partial charge in [0.05, 0.1) is 0 Å². The minimum absolute atomic E-state index is 0.210. The molecule has 1 radical (unpaired) electrons. The summed E-state index contributed by atoms with van der Waals surface area (Å²) in [7, 11) is -0.210. The minimum Gasteiger partial charge on any atom is -0.384 e. The molecule has 0 aliphatic heterocycles. The Morgan fingerprint density at radius 2 is 2.60 bits per heavy atom. The molecule has 0 aromatic carbocycles. The topological polar surface area (TPSA) is 17.1 Å². The maximum Gasteiger partial charge on any atom is 0.330 e. The Morgan fingerprint density at radius 3 is 2.60 bits per heavy atom. The third-order valence-corrected chi connectivity index (χ3v) is 0.683. The van der Waals surface area contributed by atoms with E-state index in [9.17, 15) is 4.46 Å². The molecule has 0 aliphatic rings. The molecule has 2 heteroatoms. The van der Waals surface area contributed by atoms with E-state index < -0.39 is 0 Å². The summed E-state index contributed by atoms with van der Waals surface area (Å²) in [5, 5.41) is 0. The highest BCUT2D eigenvalue weighted by Gasteiger charge is 1.64. The smallest absolute Gasteiger partial charge is 0.330 e. The van der Waals surface area contributed by atoms with Gasteiger partial charge in [0.1, 0.15) is 0 Å². The summed E-state index contributed by atoms with van der Waals surface area (Å²) in [5.74, 6) is 0. The largest absolute Gasteiger partial charge is 0.384 e. The van der Waals surface area contributed by atoms with Crippen LogP contribution in [0.5, 0.6) is 0 Å². The summed E-state index contributed by atoms with van der Waals surface area (Å²) >= 11 is 0. The van der Waals surface area contributed by atoms with Crippen molar-refractivity contribution in [2.24, 2.45) is 0 Å². The van der Waals surface area contributed by atoms with Crippen molar-refractivity contribution in [2.75, 3.05) is 0 Å². The molecule has 0 saturated heterocycles. The molecule has 0 unspecified atom stereocenters. The molecular formula is C3H5OSi. The highest BCUT2D eigenvalue weighted by Crippen LogP contribution is 1.65. The zero-order valence-electron chi connectivity index (χ0n) is 2.90. The van der Waals surface area contributed by atoms with Gasteiger partial charge in [0.2, 0.25) is 0 Å². The van der Waals surface area contributed by atoms with Gasteiger partial charge in [0.15, 0.2) is 0 Å². The van der Waals surface area contributed by atoms with Gasteiger partial charge >= 0.3 is 9.41 Å². The monoisotopic (exact) mass is 85.0 g/mol. The van der Waals surface area contributed by atoms with Gasteiger partial charge in [-0.3, -0.25) is 0 Å². The average molecular weight is 85.2 g/mol. The second-order valence-corrected chi connectivity index (χ2v) is 1.33. The fourth-order valence-corrected chi connectivity index (χ4v) is 0.177. The SMILES string of the molecule is C=CC[Si]=O. The molecule has 0 fully saturated rings. The predicted molar refractivity (Wildman–Crippen MR) is 21.4 cm³/mol. The van der Waals surface area contributed by atoms with Gasteiger partial charge in [-0.25, -0.2) is 0 Å². The molecule has 0 rings (SSSR count). The number of rotatable bonds is 2. The average Bonchev–Trinajstić information content (AvgIpc) is 1.41. The molecular weight excluding hydrogens is 80.1 g/mol. The van der Waals surface area contributed by atoms with Crippen molar-refractivity contribution in [3.05, 3.63) is 12.7 Å². The van der Waals surface area contributed by atoms with E-state index in [1.807, 2.05) is 0 Å². The lowest BCUT2D eigenvalue weighted by Gasteiger charge is -1.56. The number of hydrogen-bond acceptors (Lipinski definition) is 1. The molecule has 27 valence electrons. The van der Waals surface area contributed by atoms with E-state index >= 15 is 0 Å². The lowest BCUT2D eigenvalue weighted by atomic mass is 10.8. The van der Waals surface area contributed by atoms with Gasteiger partial charge in [-0.2, -0.15) is 0 Å². The Kier molecular flexibility index (Phi) is 3.57. The molecule has 0 bridgehead atoms. The summed E-state index contributed by atoms with van der Waals surface area (Å²) in [6.07, 6.45) is 1.63. The van der Waals surface area contributed by atoms with Crippen LogP contribution in [0.2, 0.25) is 6.04 Å². The van der Waals surface area contributed by atoms with Crippen LogP contribution in [0.1, 0.15) is 0 Å². The van der Waals surface area contributed by atoms with Crippen molar-refractivity contribution < 1.29 is 4.46 Å². The zero-order chi connectivity index (χ0) is 4.12. The van der Waals surface area contributed by atoms with Crippen molar-refractivity contribution >= 4 is 9.41 Å². The van der Waals surface area contributed by atoms with E-state index in [-0.39, 0.29) is 9.41 Å². The molecule has 0 saturated carbocycles. The Bertz CT molecular complexity index is 36.2. The van der Waals surface area contributed by atoms with E-state index in [1.54, 1.807) is 6.08 Å². The molecule has 0 amide bonds. The standard InChI is InChI=1S/C3H5OSi/c1-2-3-5-4/h2H,1,3H2. The molecule has 0 spiro atoms. The Hall–Kier alpha value is -0.243. The van der Waals surface area contributed by atoms with Gasteiger partial charge in [-0.05, 0) is 0 Å². The van der Waals surface area contributed by atoms with Crippen LogP contribution >= 0.6 is 0 Å². The summed E-state index contributed by atoms with van der Waals surface area (Å²) in [5.41, 5.74) is 0. The van der Waals surface area contributed by atoms with E-state index in [2.05, 4.69) is 6.58 Å². The first-order chi connectivity index (χ1) is 2.41. The normalized spacial score (nSPS) is 6.40. The van der Waals surface area contributed by atoms with Gasteiger partial charge in [-0.1, -0.05) is 6.08 Å². The van der Waals surface area contributed by atoms with E-state index in [0.29, 0.717) is 6.04 Å². The molecule has 1 nitrogen and oxygen atoms in total. The lowest BCUT2D eigenvalue weighted by molar-refractivity contribution is 0.578. The first-order valence-electron chi connectivity index (χ1n) is 1.37. The van der Waals surface area contributed by atoms with Crippen molar-refractivity contribution in [1.29, 1.82) is 0 Å². The first kappa shape index (κ1) is 4.76. The van der Waals surface area contributed by atoms with Crippen molar-refractivity contribution in [2.45, 2.75) is 6.04 Å². The summed E-state index contributed by atoms with van der Waals surface area (Å²) in [4.78, 5) is 0. The van der Waals surface area contributed by atoms with Crippen LogP contribution < -0.4 is 0 Å². The molecule has 0 atom stereocenters. The zero-order valence-corrected chi connectivity index (χ0v) is 3.90. The quantitative estimate of drug-likeness (QED) is 0.355. The third-order valence-electron chi connectivity index (χ3n) is 0.228. The molecule has 5 heavy (non-hydrogen) atoms. The highest BCUT2D eigenvalue weighted by atomic mass is 28.2. The van der Waals surface area contributed by atoms with Crippen LogP contribution in [0.3, 0.4) is 0 Å². The van der Waals surface area contributed by atoms with Gasteiger partial charge in [0.25, 0.3) is 0 Å². The van der Waals surface area contributed by atoms with Crippen LogP contribution in [0.15, 0.2) is 12.7 Å². The van der Waals surface area contributed by atoms with E-state index in [1.165, 1.54) is 0 Å². The Morgan fingerprint density at radius 1 is 2.00 bits per heavy atom. The Labute approximate surface area is 33.6 Å². The highest BCUT2D eigenvalue weighted by molar-refractivity contribution is 6.17. The fraction of sp³-hybridized carbons (Fsp3) is 0.333. The number of allylic oxidation sites excluding steroid dienone is 1. The predicted octanol–water partition coefficient (Wildman–Crippen LogP) is 0.640. The second kappa shape index (κ2) is 3.76. The van der Waals surface area contributed by atoms with Crippen molar-refractivity contribution in [1.82, 2.24) is 0 Å². The molecule has 0 aromatic heterocycles. The molecule has 0 aliphatic carbocycles. The summed E-state index contributed by atoms with van der Waals surface area (Å²) in [6.45, 7) is 3.36. The van der Waals surface area contributed by atoms with E-state index in [4.69, 9.17) is 0 Å². The van der Waals surface area contributed by atoms with Crippen LogP contribution in [0.4, 0.5) is 0 Å². The minimum atomic E-state index is -0.210. The number of hydrogen-bond donors (Lipinski definition) is 0. The van der Waals surface area contributed by atoms with Gasteiger partial charge in [-0.15, -0.1) is 6.58 Å². The summed E-state index contributed by atoms with van der Waals surface area (Å²) in [6, 6.07) is 0.625. The third kappa shape index (κ3) is 3.76. The Balaban J connectivity index is 2.65. The van der Waals surface area contributed by atoms with Crippen molar-refractivity contribution in [3.63, 3.8) is 0 Å². The fourth-order valence-electron chi connectivity index (χ4n) is 0.0589. The van der Waals surface area contributed by atoms with Gasteiger partial charge < -0.3 is 4.46 Å².